The van der Waals surface area contributed by atoms with Gasteiger partial charge in [0.05, 0.1) is 10.4 Å². The van der Waals surface area contributed by atoms with Gasteiger partial charge < -0.3 is 10.1 Å². The molecule has 0 aliphatic rings. The maximum Gasteiger partial charge on any atom is 0.325 e. The summed E-state index contributed by atoms with van der Waals surface area (Å²) >= 11 is 6.23. The number of nitro benzene ring substituents is 1. The fourth-order valence-corrected chi connectivity index (χ4v) is 3.02. The summed E-state index contributed by atoms with van der Waals surface area (Å²) in [4.78, 5) is 38.7. The van der Waals surface area contributed by atoms with Crippen molar-refractivity contribution in [2.24, 2.45) is 0 Å². The van der Waals surface area contributed by atoms with Gasteiger partial charge in [0, 0.05) is 28.6 Å². The Hall–Kier alpha value is -3.52. The molecule has 2 aromatic carbocycles. The highest BCUT2D eigenvalue weighted by atomic mass is 35.5. The zero-order chi connectivity index (χ0) is 21.8. The molecule has 0 saturated carbocycles. The number of amides is 1. The number of pyridine rings is 1. The number of nitrogens with zero attached hydrogens (tertiary/aromatic N) is 2. The number of aromatic nitrogens is 1. The van der Waals surface area contributed by atoms with Crippen molar-refractivity contribution in [3.8, 4) is 0 Å². The summed E-state index contributed by atoms with van der Waals surface area (Å²) in [7, 11) is 0. The molecule has 0 radical (unpaired) electrons. The summed E-state index contributed by atoms with van der Waals surface area (Å²) in [5.41, 5.74) is 3.33. The highest BCUT2D eigenvalue weighted by Crippen LogP contribution is 2.25. The lowest BCUT2D eigenvalue weighted by Gasteiger charge is -2.10. The molecule has 9 heteroatoms. The number of aryl methyl sites for hydroxylation is 2. The summed E-state index contributed by atoms with van der Waals surface area (Å²) in [6.45, 7) is 3.46. The van der Waals surface area contributed by atoms with E-state index in [0.29, 0.717) is 5.56 Å². The average molecular weight is 428 g/mol. The van der Waals surface area contributed by atoms with E-state index < -0.39 is 23.3 Å². The molecule has 0 bridgehead atoms. The number of benzene rings is 2. The maximum absolute atomic E-state index is 12.1. The van der Waals surface area contributed by atoms with E-state index in [1.165, 1.54) is 18.2 Å². The lowest BCUT2D eigenvalue weighted by Crippen LogP contribution is -2.30. The first kappa shape index (κ1) is 21.2. The highest BCUT2D eigenvalue weighted by Gasteiger charge is 2.14. The normalized spacial score (nSPS) is 10.6. The van der Waals surface area contributed by atoms with Gasteiger partial charge in [0.15, 0.2) is 0 Å². The second kappa shape index (κ2) is 8.87. The number of nitro groups is 1. The Bertz CT molecular complexity index is 1160. The monoisotopic (exact) mass is 427 g/mol. The number of ether oxygens (including phenoxy) is 1. The van der Waals surface area contributed by atoms with Crippen LogP contribution in [0.1, 0.15) is 27.0 Å². The number of carbonyl (C=O) groups excluding carboxylic acids is 2. The quantitative estimate of drug-likeness (QED) is 0.276. The second-order valence-electron chi connectivity index (χ2n) is 6.67. The molecule has 1 N–H and O–H groups in total. The smallest absolute Gasteiger partial charge is 0.325 e. The van der Waals surface area contributed by atoms with Gasteiger partial charge in [0.25, 0.3) is 11.6 Å². The Balaban J connectivity index is 1.60. The Morgan fingerprint density at radius 2 is 1.97 bits per heavy atom. The van der Waals surface area contributed by atoms with Crippen LogP contribution in [0.3, 0.4) is 0 Å². The number of hydrogen-bond acceptors (Lipinski definition) is 6. The van der Waals surface area contributed by atoms with Crippen LogP contribution in [0.5, 0.6) is 0 Å². The lowest BCUT2D eigenvalue weighted by molar-refractivity contribution is -0.384. The number of non-ortho nitro benzene ring substituents is 1. The van der Waals surface area contributed by atoms with E-state index >= 15 is 0 Å². The van der Waals surface area contributed by atoms with Crippen LogP contribution in [0.2, 0.25) is 5.15 Å². The number of rotatable bonds is 6. The summed E-state index contributed by atoms with van der Waals surface area (Å²) in [6, 6.07) is 10.9. The summed E-state index contributed by atoms with van der Waals surface area (Å²) in [6.07, 6.45) is 0. The van der Waals surface area contributed by atoms with E-state index in [-0.39, 0.29) is 23.0 Å². The van der Waals surface area contributed by atoms with E-state index in [1.807, 2.05) is 32.0 Å². The van der Waals surface area contributed by atoms with Crippen molar-refractivity contribution in [1.82, 2.24) is 10.3 Å². The predicted octanol–water partition coefficient (Wildman–Crippen LogP) is 3.89. The van der Waals surface area contributed by atoms with Crippen molar-refractivity contribution in [1.29, 1.82) is 0 Å². The summed E-state index contributed by atoms with van der Waals surface area (Å²) in [5, 5.41) is 14.3. The molecular weight excluding hydrogens is 410 g/mol. The van der Waals surface area contributed by atoms with Gasteiger partial charge in [-0.2, -0.15) is 0 Å². The van der Waals surface area contributed by atoms with E-state index in [9.17, 15) is 19.7 Å². The first-order chi connectivity index (χ1) is 14.3. The Kier molecular flexibility index (Phi) is 6.27. The van der Waals surface area contributed by atoms with Gasteiger partial charge in [-0.1, -0.05) is 29.8 Å². The zero-order valence-corrected chi connectivity index (χ0v) is 17.0. The molecule has 1 heterocycles. The third-order valence-electron chi connectivity index (χ3n) is 4.64. The Morgan fingerprint density at radius 1 is 1.20 bits per heavy atom. The molecular formula is C21H18ClN3O5. The van der Waals surface area contributed by atoms with Crippen molar-refractivity contribution >= 4 is 40.1 Å². The van der Waals surface area contributed by atoms with Crippen molar-refractivity contribution < 1.29 is 19.2 Å². The molecule has 0 fully saturated rings. The average Bonchev–Trinajstić information content (AvgIpc) is 2.73. The molecule has 0 unspecified atom stereocenters. The SMILES string of the molecule is Cc1ccc2cc(COC(=O)CNC(=O)c3cccc([N+](=O)[O-])c3)c(Cl)nc2c1C. The molecule has 30 heavy (non-hydrogen) atoms. The number of nitrogens with one attached hydrogen (secondary N) is 1. The van der Waals surface area contributed by atoms with Crippen LogP contribution in [0, 0.1) is 24.0 Å². The van der Waals surface area contributed by atoms with Gasteiger partial charge in [-0.3, -0.25) is 19.7 Å². The number of fused-ring (bicyclic) bond motifs is 1. The Labute approximate surface area is 177 Å². The first-order valence-electron chi connectivity index (χ1n) is 9.00. The molecule has 0 atom stereocenters. The number of esters is 1. The molecule has 0 aliphatic heterocycles. The van der Waals surface area contributed by atoms with Gasteiger partial charge in [0.2, 0.25) is 0 Å². The predicted molar refractivity (Wildman–Crippen MR) is 111 cm³/mol. The van der Waals surface area contributed by atoms with Crippen molar-refractivity contribution in [3.05, 3.63) is 80.0 Å². The Morgan fingerprint density at radius 3 is 2.70 bits per heavy atom. The molecule has 0 aliphatic carbocycles. The van der Waals surface area contributed by atoms with Gasteiger partial charge in [-0.05, 0) is 37.1 Å². The molecule has 8 nitrogen and oxygen atoms in total. The van der Waals surface area contributed by atoms with Crippen LogP contribution in [0.25, 0.3) is 10.9 Å². The molecule has 0 saturated heterocycles. The zero-order valence-electron chi connectivity index (χ0n) is 16.3. The number of hydrogen-bond donors (Lipinski definition) is 1. The molecule has 3 aromatic rings. The maximum atomic E-state index is 12.1. The van der Waals surface area contributed by atoms with Crippen LogP contribution in [0.4, 0.5) is 5.69 Å². The topological polar surface area (TPSA) is 111 Å². The van der Waals surface area contributed by atoms with Crippen molar-refractivity contribution in [2.75, 3.05) is 6.54 Å². The highest BCUT2D eigenvalue weighted by molar-refractivity contribution is 6.30. The molecule has 0 spiro atoms. The number of carbonyl (C=O) groups is 2. The minimum atomic E-state index is -0.676. The van der Waals surface area contributed by atoms with Crippen LogP contribution in [-0.2, 0) is 16.1 Å². The van der Waals surface area contributed by atoms with Gasteiger partial charge in [0.1, 0.15) is 18.3 Å². The fraction of sp³-hybridized carbons (Fsp3) is 0.190. The van der Waals surface area contributed by atoms with Crippen LogP contribution < -0.4 is 5.32 Å². The van der Waals surface area contributed by atoms with E-state index in [2.05, 4.69) is 10.3 Å². The molecule has 154 valence electrons. The van der Waals surface area contributed by atoms with Gasteiger partial charge in [-0.15, -0.1) is 0 Å². The van der Waals surface area contributed by atoms with Gasteiger partial charge in [-0.25, -0.2) is 4.98 Å². The van der Waals surface area contributed by atoms with Gasteiger partial charge >= 0.3 is 5.97 Å². The summed E-state index contributed by atoms with van der Waals surface area (Å²) in [5.74, 6) is -1.29. The molecule has 1 aromatic heterocycles. The summed E-state index contributed by atoms with van der Waals surface area (Å²) < 4.78 is 5.17. The largest absolute Gasteiger partial charge is 0.459 e. The van der Waals surface area contributed by atoms with E-state index in [4.69, 9.17) is 16.3 Å². The van der Waals surface area contributed by atoms with Crippen molar-refractivity contribution in [2.45, 2.75) is 20.5 Å². The molecule has 1 amide bonds. The third kappa shape index (κ3) is 4.72. The fourth-order valence-electron chi connectivity index (χ4n) is 2.83. The van der Waals surface area contributed by atoms with Crippen LogP contribution >= 0.6 is 11.6 Å². The standard InChI is InChI=1S/C21H18ClN3O5/c1-12-6-7-14-8-16(20(22)24-19(14)13(12)2)11-30-18(26)10-23-21(27)15-4-3-5-17(9-15)25(28)29/h3-9H,10-11H2,1-2H3,(H,23,27). The van der Waals surface area contributed by atoms with Crippen molar-refractivity contribution in [3.63, 3.8) is 0 Å². The first-order valence-corrected chi connectivity index (χ1v) is 9.37. The minimum absolute atomic E-state index is 0.0736. The minimum Gasteiger partial charge on any atom is -0.459 e. The van der Waals surface area contributed by atoms with E-state index in [0.717, 1.165) is 28.1 Å². The van der Waals surface area contributed by atoms with E-state index in [1.54, 1.807) is 0 Å². The lowest BCUT2D eigenvalue weighted by atomic mass is 10.0. The molecule has 3 rings (SSSR count). The van der Waals surface area contributed by atoms with Crippen LogP contribution in [-0.4, -0.2) is 28.3 Å². The third-order valence-corrected chi connectivity index (χ3v) is 4.97. The van der Waals surface area contributed by atoms with Crippen LogP contribution in [0.15, 0.2) is 42.5 Å². The second-order valence-corrected chi connectivity index (χ2v) is 7.03. The number of halogens is 1.